The highest BCUT2D eigenvalue weighted by molar-refractivity contribution is 6.56. The fourth-order valence-corrected chi connectivity index (χ4v) is 3.45. The molecule has 2 aromatic rings. The first-order valence-electron chi connectivity index (χ1n) is 6.77. The number of fused-ring (bicyclic) bond motifs is 1. The van der Waals surface area contributed by atoms with E-state index in [1.54, 1.807) is 0 Å². The van der Waals surface area contributed by atoms with E-state index < -0.39 is 17.8 Å². The van der Waals surface area contributed by atoms with Crippen molar-refractivity contribution >= 4 is 69.9 Å². The summed E-state index contributed by atoms with van der Waals surface area (Å²) in [5.41, 5.74) is -0.0581. The third-order valence-electron chi connectivity index (χ3n) is 3.44. The number of carbonyl (C=O) groups excluding carboxylic acids is 3. The summed E-state index contributed by atoms with van der Waals surface area (Å²) in [6, 6.07) is 5.91. The lowest BCUT2D eigenvalue weighted by Crippen LogP contribution is -2.29. The summed E-state index contributed by atoms with van der Waals surface area (Å²) in [5, 5.41) is -0.515. The van der Waals surface area contributed by atoms with Gasteiger partial charge in [0, 0.05) is 13.0 Å². The number of halogens is 4. The fourth-order valence-electron chi connectivity index (χ4n) is 2.44. The van der Waals surface area contributed by atoms with Crippen molar-refractivity contribution in [2.45, 2.75) is 6.92 Å². The molecular formula is C16H7Cl4NO4. The Morgan fingerprint density at radius 2 is 1.44 bits per heavy atom. The SMILES string of the molecule is CC(=O)Oc1cccc(N2C(=O)c3c(Cl)c(Cl)c(Cl)c(Cl)c3C2=O)c1. The molecule has 1 aliphatic heterocycles. The summed E-state index contributed by atoms with van der Waals surface area (Å²) >= 11 is 24.1. The number of hydrogen-bond donors (Lipinski definition) is 0. The molecule has 0 fully saturated rings. The fraction of sp³-hybridized carbons (Fsp3) is 0.0625. The van der Waals surface area contributed by atoms with Crippen LogP contribution in [-0.4, -0.2) is 17.8 Å². The van der Waals surface area contributed by atoms with Gasteiger partial charge in [0.05, 0.1) is 36.9 Å². The lowest BCUT2D eigenvalue weighted by molar-refractivity contribution is -0.131. The van der Waals surface area contributed by atoms with E-state index in [0.717, 1.165) is 4.90 Å². The van der Waals surface area contributed by atoms with Crippen LogP contribution in [0.25, 0.3) is 0 Å². The molecular weight excluding hydrogens is 412 g/mol. The first-order chi connectivity index (χ1) is 11.7. The minimum absolute atomic E-state index is 0.108. The van der Waals surface area contributed by atoms with Crippen LogP contribution in [0.3, 0.4) is 0 Å². The molecule has 128 valence electrons. The van der Waals surface area contributed by atoms with Gasteiger partial charge in [0.1, 0.15) is 5.75 Å². The Balaban J connectivity index is 2.14. The van der Waals surface area contributed by atoms with Crippen molar-refractivity contribution in [1.82, 2.24) is 0 Å². The molecule has 0 saturated heterocycles. The number of carbonyl (C=O) groups is 3. The molecule has 0 aliphatic carbocycles. The van der Waals surface area contributed by atoms with Gasteiger partial charge in [-0.05, 0) is 12.1 Å². The maximum atomic E-state index is 12.7. The van der Waals surface area contributed by atoms with Gasteiger partial charge in [-0.2, -0.15) is 0 Å². The molecule has 3 rings (SSSR count). The molecule has 0 bridgehead atoms. The molecule has 25 heavy (non-hydrogen) atoms. The minimum atomic E-state index is -0.703. The first kappa shape index (κ1) is 18.0. The number of amides is 2. The smallest absolute Gasteiger partial charge is 0.308 e. The molecule has 9 heteroatoms. The van der Waals surface area contributed by atoms with Crippen molar-refractivity contribution in [2.24, 2.45) is 0 Å². The summed E-state index contributed by atoms with van der Waals surface area (Å²) in [7, 11) is 0. The summed E-state index contributed by atoms with van der Waals surface area (Å²) in [4.78, 5) is 37.4. The molecule has 1 heterocycles. The molecule has 2 aromatic carbocycles. The van der Waals surface area contributed by atoms with E-state index in [1.807, 2.05) is 0 Å². The van der Waals surface area contributed by atoms with Gasteiger partial charge in [-0.15, -0.1) is 0 Å². The molecule has 5 nitrogen and oxygen atoms in total. The summed E-state index contributed by atoms with van der Waals surface area (Å²) in [6.45, 7) is 1.23. The third kappa shape index (κ3) is 2.87. The summed E-state index contributed by atoms with van der Waals surface area (Å²) in [6.07, 6.45) is 0. The predicted molar refractivity (Wildman–Crippen MR) is 95.4 cm³/mol. The quantitative estimate of drug-likeness (QED) is 0.225. The molecule has 0 atom stereocenters. The van der Waals surface area contributed by atoms with Gasteiger partial charge in [0.2, 0.25) is 0 Å². The lowest BCUT2D eigenvalue weighted by Gasteiger charge is -2.14. The Morgan fingerprint density at radius 1 is 0.920 bits per heavy atom. The molecule has 0 saturated carbocycles. The molecule has 0 unspecified atom stereocenters. The first-order valence-corrected chi connectivity index (χ1v) is 8.28. The topological polar surface area (TPSA) is 63.7 Å². The van der Waals surface area contributed by atoms with Gasteiger partial charge in [0.25, 0.3) is 11.8 Å². The monoisotopic (exact) mass is 417 g/mol. The van der Waals surface area contributed by atoms with Gasteiger partial charge in [-0.3, -0.25) is 14.4 Å². The number of anilines is 1. The molecule has 0 aromatic heterocycles. The van der Waals surface area contributed by atoms with Crippen molar-refractivity contribution in [3.05, 3.63) is 55.5 Å². The number of ether oxygens (including phenoxy) is 1. The maximum absolute atomic E-state index is 12.7. The van der Waals surface area contributed by atoms with Crippen LogP contribution in [0.4, 0.5) is 5.69 Å². The summed E-state index contributed by atoms with van der Waals surface area (Å²) < 4.78 is 4.97. The van der Waals surface area contributed by atoms with Gasteiger partial charge in [0.15, 0.2) is 0 Å². The number of hydrogen-bond acceptors (Lipinski definition) is 4. The van der Waals surface area contributed by atoms with Crippen LogP contribution < -0.4 is 9.64 Å². The molecule has 1 aliphatic rings. The normalized spacial score (nSPS) is 13.2. The highest BCUT2D eigenvalue weighted by atomic mass is 35.5. The van der Waals surface area contributed by atoms with Crippen LogP contribution in [-0.2, 0) is 4.79 Å². The second kappa shape index (κ2) is 6.50. The summed E-state index contributed by atoms with van der Waals surface area (Å²) in [5.74, 6) is -1.77. The average Bonchev–Trinajstić information content (AvgIpc) is 2.81. The van der Waals surface area contributed by atoms with Crippen LogP contribution in [0.2, 0.25) is 20.1 Å². The number of imide groups is 1. The highest BCUT2D eigenvalue weighted by Gasteiger charge is 2.42. The predicted octanol–water partition coefficient (Wildman–Crippen LogP) is 5.03. The van der Waals surface area contributed by atoms with Crippen LogP contribution in [0.15, 0.2) is 24.3 Å². The Morgan fingerprint density at radius 3 is 1.92 bits per heavy atom. The molecule has 0 radical (unpaired) electrons. The van der Waals surface area contributed by atoms with Gasteiger partial charge in [-0.1, -0.05) is 52.5 Å². The standard InChI is InChI=1S/C16H7Cl4NO4/c1-6(22)25-8-4-2-3-7(5-8)21-15(23)9-10(16(21)24)12(18)14(20)13(19)11(9)17/h2-5H,1H3. The Bertz CT molecular complexity index is 911. The lowest BCUT2D eigenvalue weighted by atomic mass is 10.1. The van der Waals surface area contributed by atoms with E-state index in [4.69, 9.17) is 51.1 Å². The van der Waals surface area contributed by atoms with Gasteiger partial charge >= 0.3 is 5.97 Å². The van der Waals surface area contributed by atoms with E-state index in [1.165, 1.54) is 31.2 Å². The van der Waals surface area contributed by atoms with Crippen LogP contribution in [0.5, 0.6) is 5.75 Å². The molecule has 0 spiro atoms. The van der Waals surface area contributed by atoms with E-state index in [9.17, 15) is 14.4 Å². The van der Waals surface area contributed by atoms with Crippen LogP contribution in [0, 0.1) is 0 Å². The van der Waals surface area contributed by atoms with Crippen LogP contribution >= 0.6 is 46.4 Å². The average molecular weight is 419 g/mol. The Kier molecular flexibility index (Phi) is 4.68. The minimum Gasteiger partial charge on any atom is -0.427 e. The third-order valence-corrected chi connectivity index (χ3v) is 5.24. The highest BCUT2D eigenvalue weighted by Crippen LogP contribution is 2.45. The van der Waals surface area contributed by atoms with Crippen molar-refractivity contribution in [3.8, 4) is 5.75 Å². The van der Waals surface area contributed by atoms with E-state index in [-0.39, 0.29) is 42.7 Å². The molecule has 2 amide bonds. The van der Waals surface area contributed by atoms with Gasteiger partial charge in [-0.25, -0.2) is 4.90 Å². The van der Waals surface area contributed by atoms with E-state index in [2.05, 4.69) is 0 Å². The maximum Gasteiger partial charge on any atom is 0.308 e. The Labute approximate surface area is 162 Å². The van der Waals surface area contributed by atoms with Crippen molar-refractivity contribution in [1.29, 1.82) is 0 Å². The van der Waals surface area contributed by atoms with Crippen molar-refractivity contribution in [2.75, 3.05) is 4.90 Å². The van der Waals surface area contributed by atoms with Crippen molar-refractivity contribution < 1.29 is 19.1 Å². The zero-order chi connectivity index (χ0) is 18.5. The van der Waals surface area contributed by atoms with Crippen molar-refractivity contribution in [3.63, 3.8) is 0 Å². The van der Waals surface area contributed by atoms with Gasteiger partial charge < -0.3 is 4.74 Å². The van der Waals surface area contributed by atoms with E-state index >= 15 is 0 Å². The number of benzene rings is 2. The van der Waals surface area contributed by atoms with Crippen LogP contribution in [0.1, 0.15) is 27.6 Å². The zero-order valence-corrected chi connectivity index (χ0v) is 15.4. The molecule has 0 N–H and O–H groups in total. The number of nitrogens with zero attached hydrogens (tertiary/aromatic N) is 1. The number of rotatable bonds is 2. The van der Waals surface area contributed by atoms with E-state index in [0.29, 0.717) is 0 Å². The Hall–Kier alpha value is -1.79. The zero-order valence-electron chi connectivity index (χ0n) is 12.4. The second-order valence-corrected chi connectivity index (χ2v) is 6.55. The number of esters is 1. The largest absolute Gasteiger partial charge is 0.427 e. The second-order valence-electron chi connectivity index (χ2n) is 5.04.